The lowest BCUT2D eigenvalue weighted by Gasteiger charge is -2.08. The van der Waals surface area contributed by atoms with Crippen molar-refractivity contribution in [2.45, 2.75) is 43.2 Å². The van der Waals surface area contributed by atoms with E-state index in [2.05, 4.69) is 9.82 Å². The van der Waals surface area contributed by atoms with Gasteiger partial charge in [0.1, 0.15) is 16.3 Å². The van der Waals surface area contributed by atoms with Crippen molar-refractivity contribution < 1.29 is 12.8 Å². The Kier molecular flexibility index (Phi) is 4.49. The van der Waals surface area contributed by atoms with Crippen LogP contribution in [0.15, 0.2) is 51.4 Å². The average Bonchev–Trinajstić information content (AvgIpc) is 3.41. The number of nitrogens with one attached hydrogen (secondary N) is 1. The van der Waals surface area contributed by atoms with Crippen LogP contribution in [0.2, 0.25) is 0 Å². The Morgan fingerprint density at radius 2 is 2.12 bits per heavy atom. The molecule has 25 heavy (non-hydrogen) atoms. The minimum atomic E-state index is -3.69. The molecule has 0 atom stereocenters. The van der Waals surface area contributed by atoms with E-state index in [4.69, 9.17) is 4.42 Å². The predicted molar refractivity (Wildman–Crippen MR) is 95.8 cm³/mol. The fraction of sp³-hybridized carbons (Fsp3) is 0.353. The highest BCUT2D eigenvalue weighted by molar-refractivity contribution is 7.89. The van der Waals surface area contributed by atoms with E-state index in [0.29, 0.717) is 11.5 Å². The van der Waals surface area contributed by atoms with Crippen LogP contribution >= 0.6 is 11.3 Å². The highest BCUT2D eigenvalue weighted by Gasteiger charge is 2.27. The molecule has 0 bridgehead atoms. The number of thiophene rings is 1. The standard InChI is InChI=1S/C17H19N3O3S2/c21-25(22,18-11-14-7-3-9-23-14)16-12-20(13-5-1-2-6-13)19-17(16)15-8-4-10-24-15/h3-4,7-10,12-13,18H,1-2,5-6,11H2. The van der Waals surface area contributed by atoms with Crippen molar-refractivity contribution >= 4 is 21.4 Å². The van der Waals surface area contributed by atoms with Gasteiger partial charge in [0.25, 0.3) is 0 Å². The van der Waals surface area contributed by atoms with E-state index in [0.717, 1.165) is 30.6 Å². The summed E-state index contributed by atoms with van der Waals surface area (Å²) in [6, 6.07) is 7.56. The SMILES string of the molecule is O=S(=O)(NCc1ccco1)c1cn(C2CCCC2)nc1-c1cccs1. The molecule has 0 aliphatic heterocycles. The highest BCUT2D eigenvalue weighted by Crippen LogP contribution is 2.34. The summed E-state index contributed by atoms with van der Waals surface area (Å²) in [5, 5.41) is 6.56. The third-order valence-corrected chi connectivity index (χ3v) is 6.74. The van der Waals surface area contributed by atoms with Gasteiger partial charge in [-0.25, -0.2) is 13.1 Å². The van der Waals surface area contributed by atoms with Crippen LogP contribution in [0, 0.1) is 0 Å². The molecule has 0 radical (unpaired) electrons. The Balaban J connectivity index is 1.68. The molecule has 3 heterocycles. The summed E-state index contributed by atoms with van der Waals surface area (Å²) in [6.45, 7) is 0.119. The van der Waals surface area contributed by atoms with Crippen molar-refractivity contribution in [2.24, 2.45) is 0 Å². The molecule has 0 spiro atoms. The molecule has 3 aromatic rings. The lowest BCUT2D eigenvalue weighted by Crippen LogP contribution is -2.23. The molecule has 0 unspecified atom stereocenters. The smallest absolute Gasteiger partial charge is 0.244 e. The van der Waals surface area contributed by atoms with Crippen molar-refractivity contribution in [2.75, 3.05) is 0 Å². The van der Waals surface area contributed by atoms with Crippen molar-refractivity contribution in [3.63, 3.8) is 0 Å². The summed E-state index contributed by atoms with van der Waals surface area (Å²) in [5.74, 6) is 0.574. The van der Waals surface area contributed by atoms with E-state index >= 15 is 0 Å². The Hall–Kier alpha value is -1.90. The van der Waals surface area contributed by atoms with E-state index in [1.165, 1.54) is 17.6 Å². The quantitative estimate of drug-likeness (QED) is 0.709. The number of nitrogens with zero attached hydrogens (tertiary/aromatic N) is 2. The molecule has 4 rings (SSSR count). The molecule has 1 saturated carbocycles. The van der Waals surface area contributed by atoms with Gasteiger partial charge in [-0.15, -0.1) is 11.3 Å². The summed E-state index contributed by atoms with van der Waals surface area (Å²) in [7, 11) is -3.69. The zero-order valence-electron chi connectivity index (χ0n) is 13.6. The lowest BCUT2D eigenvalue weighted by atomic mass is 10.3. The van der Waals surface area contributed by atoms with Crippen molar-refractivity contribution in [1.29, 1.82) is 0 Å². The number of aromatic nitrogens is 2. The number of furan rings is 1. The van der Waals surface area contributed by atoms with Gasteiger partial charge in [0.05, 0.1) is 23.7 Å². The Morgan fingerprint density at radius 3 is 2.80 bits per heavy atom. The normalized spacial score (nSPS) is 15.8. The van der Waals surface area contributed by atoms with Crippen LogP contribution in [-0.2, 0) is 16.6 Å². The van der Waals surface area contributed by atoms with E-state index in [1.54, 1.807) is 18.3 Å². The van der Waals surface area contributed by atoms with Crippen LogP contribution in [0.4, 0.5) is 0 Å². The molecule has 0 amide bonds. The first-order chi connectivity index (χ1) is 12.1. The van der Waals surface area contributed by atoms with Crippen LogP contribution in [-0.4, -0.2) is 18.2 Å². The third kappa shape index (κ3) is 3.42. The molecule has 1 aliphatic carbocycles. The van der Waals surface area contributed by atoms with Crippen LogP contribution in [0.5, 0.6) is 0 Å². The van der Waals surface area contributed by atoms with Crippen LogP contribution in [0.3, 0.4) is 0 Å². The third-order valence-electron chi connectivity index (χ3n) is 4.46. The maximum atomic E-state index is 12.9. The van der Waals surface area contributed by atoms with Gasteiger partial charge in [0.15, 0.2) is 0 Å². The van der Waals surface area contributed by atoms with Gasteiger partial charge in [-0.3, -0.25) is 4.68 Å². The first-order valence-electron chi connectivity index (χ1n) is 8.28. The minimum absolute atomic E-state index is 0.119. The Morgan fingerprint density at radius 1 is 1.28 bits per heavy atom. The molecule has 1 aliphatic rings. The van der Waals surface area contributed by atoms with Gasteiger partial charge in [-0.2, -0.15) is 5.10 Å². The highest BCUT2D eigenvalue weighted by atomic mass is 32.2. The van der Waals surface area contributed by atoms with Crippen LogP contribution in [0.25, 0.3) is 10.6 Å². The molecule has 132 valence electrons. The maximum absolute atomic E-state index is 12.9. The zero-order chi connectivity index (χ0) is 17.3. The maximum Gasteiger partial charge on any atom is 0.244 e. The molecule has 0 saturated heterocycles. The van der Waals surface area contributed by atoms with Gasteiger partial charge in [0, 0.05) is 6.20 Å². The van der Waals surface area contributed by atoms with E-state index in [-0.39, 0.29) is 17.5 Å². The summed E-state index contributed by atoms with van der Waals surface area (Å²) >= 11 is 1.49. The van der Waals surface area contributed by atoms with Crippen molar-refractivity contribution in [3.05, 3.63) is 47.9 Å². The Labute approximate surface area is 150 Å². The second-order valence-corrected chi connectivity index (χ2v) is 8.82. The van der Waals surface area contributed by atoms with Gasteiger partial charge in [-0.05, 0) is 36.4 Å². The molecular weight excluding hydrogens is 358 g/mol. The fourth-order valence-corrected chi connectivity index (χ4v) is 5.10. The minimum Gasteiger partial charge on any atom is -0.468 e. The Bertz CT molecular complexity index is 922. The number of hydrogen-bond acceptors (Lipinski definition) is 5. The molecule has 3 aromatic heterocycles. The van der Waals surface area contributed by atoms with Gasteiger partial charge >= 0.3 is 0 Å². The van der Waals surface area contributed by atoms with Gasteiger partial charge in [-0.1, -0.05) is 18.9 Å². The van der Waals surface area contributed by atoms with Gasteiger partial charge < -0.3 is 4.42 Å². The van der Waals surface area contributed by atoms with Crippen LogP contribution in [0.1, 0.15) is 37.5 Å². The first-order valence-corrected chi connectivity index (χ1v) is 10.6. The van der Waals surface area contributed by atoms with E-state index in [9.17, 15) is 8.42 Å². The summed E-state index contributed by atoms with van der Waals surface area (Å²) in [5.41, 5.74) is 0.522. The monoisotopic (exact) mass is 377 g/mol. The molecule has 8 heteroatoms. The predicted octanol–water partition coefficient (Wildman–Crippen LogP) is 3.80. The largest absolute Gasteiger partial charge is 0.468 e. The van der Waals surface area contributed by atoms with E-state index in [1.807, 2.05) is 22.2 Å². The molecule has 1 fully saturated rings. The first kappa shape index (κ1) is 16.6. The molecule has 6 nitrogen and oxygen atoms in total. The summed E-state index contributed by atoms with van der Waals surface area (Å²) in [4.78, 5) is 1.09. The summed E-state index contributed by atoms with van der Waals surface area (Å²) < 4.78 is 35.4. The van der Waals surface area contributed by atoms with Crippen molar-refractivity contribution in [1.82, 2.24) is 14.5 Å². The molecule has 1 N–H and O–H groups in total. The molecule has 0 aromatic carbocycles. The number of sulfonamides is 1. The van der Waals surface area contributed by atoms with Gasteiger partial charge in [0.2, 0.25) is 10.0 Å². The zero-order valence-corrected chi connectivity index (χ0v) is 15.2. The number of hydrogen-bond donors (Lipinski definition) is 1. The fourth-order valence-electron chi connectivity index (χ4n) is 3.17. The second-order valence-electron chi connectivity index (χ2n) is 6.14. The topological polar surface area (TPSA) is 77.1 Å². The lowest BCUT2D eigenvalue weighted by molar-refractivity contribution is 0.467. The molecular formula is C17H19N3O3S2. The average molecular weight is 377 g/mol. The summed E-state index contributed by atoms with van der Waals surface area (Å²) in [6.07, 6.45) is 7.62. The van der Waals surface area contributed by atoms with Crippen molar-refractivity contribution in [3.8, 4) is 10.6 Å². The van der Waals surface area contributed by atoms with E-state index < -0.39 is 10.0 Å². The second kappa shape index (κ2) is 6.78. The number of rotatable bonds is 6. The van der Waals surface area contributed by atoms with Crippen LogP contribution < -0.4 is 4.72 Å².